The summed E-state index contributed by atoms with van der Waals surface area (Å²) in [5.74, 6) is 7.79. The molecule has 3 nitrogen and oxygen atoms in total. The summed E-state index contributed by atoms with van der Waals surface area (Å²) in [5, 5.41) is 0.865. The third-order valence-corrected chi connectivity index (χ3v) is 14.4. The van der Waals surface area contributed by atoms with Crippen molar-refractivity contribution in [1.82, 2.24) is 9.97 Å². The van der Waals surface area contributed by atoms with E-state index in [0.29, 0.717) is 39.4 Å². The Morgan fingerprint density at radius 1 is 0.942 bits per heavy atom. The summed E-state index contributed by atoms with van der Waals surface area (Å²) in [6, 6.07) is 25.3. The van der Waals surface area contributed by atoms with Crippen molar-refractivity contribution < 1.29 is 38.2 Å². The molecule has 3 aromatic carbocycles. The van der Waals surface area contributed by atoms with Crippen LogP contribution in [0.25, 0.3) is 44.5 Å². The Kier molecular flexibility index (Phi) is 8.33. The van der Waals surface area contributed by atoms with Gasteiger partial charge in [-0.1, -0.05) is 54.4 Å². The van der Waals surface area contributed by atoms with E-state index in [1.807, 2.05) is 57.3 Å². The maximum Gasteiger partial charge on any atom is 0 e. The van der Waals surface area contributed by atoms with Crippen LogP contribution < -0.4 is 4.40 Å². The minimum Gasteiger partial charge on any atom is 0 e. The molecule has 3 fully saturated rings. The zero-order chi connectivity index (χ0) is 44.5. The molecule has 3 aliphatic carbocycles. The van der Waals surface area contributed by atoms with Gasteiger partial charge < -0.3 is 9.40 Å². The largest absolute Gasteiger partial charge is 0 e. The summed E-state index contributed by atoms with van der Waals surface area (Å²) < 4.78 is 90.4. The molecule has 0 N–H and O–H groups in total. The molecule has 273 valence electrons. The summed E-state index contributed by atoms with van der Waals surface area (Å²) in [6.45, 7) is 1.10. The molecule has 9 rings (SSSR count). The monoisotopic (exact) mass is 939 g/mol. The van der Waals surface area contributed by atoms with Gasteiger partial charge in [0.15, 0.2) is 0 Å². The second kappa shape index (κ2) is 15.7. The van der Waals surface area contributed by atoms with Crippen molar-refractivity contribution in [2.24, 2.45) is 23.2 Å². The molecular weight excluding hydrogens is 873 g/mol. The van der Waals surface area contributed by atoms with Crippen molar-refractivity contribution >= 4 is 39.6 Å². The van der Waals surface area contributed by atoms with E-state index in [1.54, 1.807) is 24.4 Å². The number of aromatic nitrogens is 2. The van der Waals surface area contributed by atoms with Crippen LogP contribution in [0.4, 0.5) is 0 Å². The Morgan fingerprint density at radius 3 is 2.44 bits per heavy atom. The zero-order valence-corrected chi connectivity index (χ0v) is 35.4. The molecule has 0 aliphatic heterocycles. The molecule has 0 spiro atoms. The van der Waals surface area contributed by atoms with Crippen LogP contribution in [0.2, 0.25) is 17.3 Å². The van der Waals surface area contributed by atoms with E-state index in [9.17, 15) is 0 Å². The maximum absolute atomic E-state index is 9.10. The number of aryl methyl sites for hydroxylation is 2. The molecule has 1 atom stereocenters. The van der Waals surface area contributed by atoms with Crippen molar-refractivity contribution in [2.75, 3.05) is 0 Å². The van der Waals surface area contributed by atoms with E-state index in [1.165, 1.54) is 31.0 Å². The van der Waals surface area contributed by atoms with Crippen LogP contribution in [0, 0.1) is 49.0 Å². The number of hydrogen-bond acceptors (Lipinski definition) is 3. The Hall–Kier alpha value is -3.05. The summed E-state index contributed by atoms with van der Waals surface area (Å²) in [7, 11) is 0. The topological polar surface area (TPSA) is 38.9 Å². The minimum atomic E-state index is -2.44. The van der Waals surface area contributed by atoms with Crippen LogP contribution in [0.5, 0.6) is 0 Å². The molecule has 5 heteroatoms. The molecule has 3 aromatic heterocycles. The Balaban J connectivity index is 0.000000230. The van der Waals surface area contributed by atoms with Gasteiger partial charge in [0.25, 0.3) is 0 Å². The van der Waals surface area contributed by atoms with E-state index in [2.05, 4.69) is 39.4 Å². The van der Waals surface area contributed by atoms with Gasteiger partial charge in [-0.2, -0.15) is 0 Å². The van der Waals surface area contributed by atoms with Gasteiger partial charge in [-0.25, -0.2) is 0 Å². The zero-order valence-electron chi connectivity index (χ0n) is 40.9. The predicted molar refractivity (Wildman–Crippen MR) is 217 cm³/mol. The first-order chi connectivity index (χ1) is 28.3. The van der Waals surface area contributed by atoms with E-state index in [-0.39, 0.29) is 48.3 Å². The van der Waals surface area contributed by atoms with Crippen LogP contribution in [-0.4, -0.2) is 23.2 Å². The Morgan fingerprint density at radius 2 is 1.77 bits per heavy atom. The first-order valence-corrected chi connectivity index (χ1v) is 25.5. The normalized spacial score (nSPS) is 22.5. The van der Waals surface area contributed by atoms with Crippen molar-refractivity contribution in [3.05, 3.63) is 114 Å². The standard InChI is InChI=1S/C28H28NO.C19H26GeN.Ir/c1-17-3-9-24-26(13-17)30-28-23(10-4-18(2)27(24)28)25-16-20(11-12-29-25)15-22-14-19-5-7-21(22)8-6-19;1-19(2,3)13-16-12-18(15-10-8-7-9-11-15)21-14-17(16)20(4,5)6;/h3-4,9,11-13,16,19,21-22H,5-8,14-15H2,1-2H3;7-10,12,14H,13H2,1-6H3;/q2*-1;/i1D3,2D3,15D2;13D2;. The molecule has 1 radical (unpaired) electrons. The van der Waals surface area contributed by atoms with E-state index >= 15 is 0 Å². The summed E-state index contributed by atoms with van der Waals surface area (Å²) in [6.07, 6.45) is 5.99. The molecule has 3 aliphatic rings. The van der Waals surface area contributed by atoms with Gasteiger partial charge in [0.2, 0.25) is 0 Å². The predicted octanol–water partition coefficient (Wildman–Crippen LogP) is 12.1. The summed E-state index contributed by atoms with van der Waals surface area (Å²) in [4.78, 5) is 9.12. The third-order valence-electron chi connectivity index (χ3n) is 10.2. The number of fused-ring (bicyclic) bond motifs is 6. The summed E-state index contributed by atoms with van der Waals surface area (Å²) >= 11 is -2.24. The molecule has 0 saturated heterocycles. The maximum atomic E-state index is 9.10. The van der Waals surface area contributed by atoms with E-state index in [0.717, 1.165) is 40.5 Å². The number of furan rings is 1. The van der Waals surface area contributed by atoms with Gasteiger partial charge >= 0.3 is 135 Å². The third kappa shape index (κ3) is 8.67. The van der Waals surface area contributed by atoms with Gasteiger partial charge in [-0.3, -0.25) is 0 Å². The van der Waals surface area contributed by atoms with Gasteiger partial charge in [0.05, 0.1) is 5.58 Å². The van der Waals surface area contributed by atoms with E-state index < -0.39 is 45.1 Å². The second-order valence-electron chi connectivity index (χ2n) is 16.3. The van der Waals surface area contributed by atoms with Gasteiger partial charge in [0, 0.05) is 42.7 Å². The fourth-order valence-electron chi connectivity index (χ4n) is 7.70. The van der Waals surface area contributed by atoms with Crippen LogP contribution in [-0.2, 0) is 32.9 Å². The number of pyridine rings is 2. The number of rotatable bonds is 6. The molecule has 2 bridgehead atoms. The van der Waals surface area contributed by atoms with Crippen molar-refractivity contribution in [2.45, 2.75) is 96.6 Å². The average Bonchev–Trinajstić information content (AvgIpc) is 3.59. The van der Waals surface area contributed by atoms with Crippen molar-refractivity contribution in [1.29, 1.82) is 0 Å². The van der Waals surface area contributed by atoms with Crippen LogP contribution in [0.1, 0.15) is 88.8 Å². The SMILES string of the molecule is [2H]C([2H])([2H])c1ccc2c(c1)oc1c(-c3cc(C([2H])([2H])C4CC5CCC4CC5)ccn3)[c-]cc(C([2H])([2H])[2H])c12.[2H]C([2H])(c1cc(-c2[c-]cccc2)nc[c]1[Ge]([CH3])([CH3])[CH3])C(C)(C)C.[Ir]. The van der Waals surface area contributed by atoms with Crippen LogP contribution in [0.15, 0.2) is 83.5 Å². The number of benzene rings is 3. The summed E-state index contributed by atoms with van der Waals surface area (Å²) in [5.41, 5.74) is 4.10. The van der Waals surface area contributed by atoms with E-state index in [4.69, 9.17) is 18.1 Å². The molecule has 3 heterocycles. The minimum absolute atomic E-state index is 0. The van der Waals surface area contributed by atoms with Crippen molar-refractivity contribution in [3.8, 4) is 22.5 Å². The molecule has 3 saturated carbocycles. The first kappa shape index (κ1) is 27.5. The Labute approximate surface area is 342 Å². The van der Waals surface area contributed by atoms with Gasteiger partial charge in [-0.15, -0.1) is 17.7 Å². The Bertz CT molecular complexity index is 2550. The smallest absolute Gasteiger partial charge is 0 e. The molecule has 52 heavy (non-hydrogen) atoms. The average molecular weight is 938 g/mol. The van der Waals surface area contributed by atoms with Crippen molar-refractivity contribution in [3.63, 3.8) is 0 Å². The number of hydrogen-bond donors (Lipinski definition) is 0. The molecule has 6 aromatic rings. The van der Waals surface area contributed by atoms with Crippen LogP contribution >= 0.6 is 0 Å². The van der Waals surface area contributed by atoms with Crippen LogP contribution in [0.3, 0.4) is 0 Å². The van der Waals surface area contributed by atoms with Gasteiger partial charge in [0.1, 0.15) is 5.58 Å². The number of nitrogens with zero attached hydrogens (tertiary/aromatic N) is 2. The quantitative estimate of drug-likeness (QED) is 0.123. The fourth-order valence-corrected chi connectivity index (χ4v) is 10.6. The molecule has 0 amide bonds. The van der Waals surface area contributed by atoms with Gasteiger partial charge in [-0.05, 0) is 73.6 Å². The molecular formula is C47H54GeIrN2O-2. The fraction of sp³-hybridized carbons (Fsp3) is 0.404. The molecule has 1 unspecified atom stereocenters. The second-order valence-corrected chi connectivity index (χ2v) is 26.9. The first-order valence-electron chi connectivity index (χ1n) is 23.2.